The van der Waals surface area contributed by atoms with Crippen LogP contribution in [0.1, 0.15) is 13.8 Å². The first-order valence-corrected chi connectivity index (χ1v) is 8.29. The SMILES string of the molecule is CCOC(=O)CN(c1cc(Cl)ccc1Cl)S(=O)(=O)CC. The van der Waals surface area contributed by atoms with Gasteiger partial charge in [0.25, 0.3) is 0 Å². The highest BCUT2D eigenvalue weighted by molar-refractivity contribution is 7.92. The molecule has 0 bridgehead atoms. The lowest BCUT2D eigenvalue weighted by molar-refractivity contribution is -0.141. The van der Waals surface area contributed by atoms with Crippen LogP contribution in [-0.2, 0) is 19.6 Å². The predicted octanol–water partition coefficient (Wildman–Crippen LogP) is 2.71. The monoisotopic (exact) mass is 339 g/mol. The first-order valence-electron chi connectivity index (χ1n) is 5.93. The number of hydrogen-bond donors (Lipinski definition) is 0. The topological polar surface area (TPSA) is 63.7 Å². The second-order valence-electron chi connectivity index (χ2n) is 3.81. The third-order valence-electron chi connectivity index (χ3n) is 2.46. The van der Waals surface area contributed by atoms with Crippen molar-refractivity contribution in [2.75, 3.05) is 23.2 Å². The fraction of sp³-hybridized carbons (Fsp3) is 0.417. The smallest absolute Gasteiger partial charge is 0.326 e. The molecule has 0 heterocycles. The molecule has 0 saturated carbocycles. The number of benzene rings is 1. The summed E-state index contributed by atoms with van der Waals surface area (Å²) in [6.45, 7) is 2.85. The molecule has 0 aliphatic rings. The number of esters is 1. The van der Waals surface area contributed by atoms with Crippen LogP contribution in [-0.4, -0.2) is 33.3 Å². The Morgan fingerprint density at radius 3 is 2.50 bits per heavy atom. The average molecular weight is 340 g/mol. The lowest BCUT2D eigenvalue weighted by atomic mass is 10.3. The van der Waals surface area contributed by atoms with Crippen molar-refractivity contribution in [3.8, 4) is 0 Å². The summed E-state index contributed by atoms with van der Waals surface area (Å²) in [7, 11) is -3.68. The zero-order valence-electron chi connectivity index (χ0n) is 11.1. The third-order valence-corrected chi connectivity index (χ3v) is 4.74. The molecule has 8 heteroatoms. The number of hydrogen-bond acceptors (Lipinski definition) is 4. The number of halogens is 2. The first kappa shape index (κ1) is 17.1. The van der Waals surface area contributed by atoms with Gasteiger partial charge in [0.2, 0.25) is 10.0 Å². The van der Waals surface area contributed by atoms with E-state index in [2.05, 4.69) is 0 Å². The number of anilines is 1. The summed E-state index contributed by atoms with van der Waals surface area (Å²) in [6.07, 6.45) is 0. The highest BCUT2D eigenvalue weighted by Gasteiger charge is 2.26. The fourth-order valence-corrected chi connectivity index (χ4v) is 2.99. The van der Waals surface area contributed by atoms with Crippen molar-refractivity contribution >= 4 is 44.9 Å². The molecule has 0 saturated heterocycles. The molecule has 0 aliphatic carbocycles. The Balaban J connectivity index is 3.24. The summed E-state index contributed by atoms with van der Waals surface area (Å²) < 4.78 is 29.9. The molecule has 5 nitrogen and oxygen atoms in total. The zero-order chi connectivity index (χ0) is 15.3. The molecule has 0 unspecified atom stereocenters. The molecule has 1 rings (SSSR count). The Labute approximate surface area is 128 Å². The van der Waals surface area contributed by atoms with E-state index >= 15 is 0 Å². The molecule has 0 aromatic heterocycles. The van der Waals surface area contributed by atoms with Crippen LogP contribution < -0.4 is 4.31 Å². The highest BCUT2D eigenvalue weighted by Crippen LogP contribution is 2.30. The van der Waals surface area contributed by atoms with Crippen molar-refractivity contribution in [3.05, 3.63) is 28.2 Å². The summed E-state index contributed by atoms with van der Waals surface area (Å²) in [4.78, 5) is 11.6. The molecule has 112 valence electrons. The minimum Gasteiger partial charge on any atom is -0.465 e. The van der Waals surface area contributed by atoms with E-state index in [0.717, 1.165) is 4.31 Å². The average Bonchev–Trinajstić information content (AvgIpc) is 2.39. The Bertz CT molecular complexity index is 589. The van der Waals surface area contributed by atoms with Gasteiger partial charge in [-0.25, -0.2) is 8.42 Å². The van der Waals surface area contributed by atoms with Crippen molar-refractivity contribution in [2.24, 2.45) is 0 Å². The Morgan fingerprint density at radius 1 is 1.30 bits per heavy atom. The summed E-state index contributed by atoms with van der Waals surface area (Å²) in [5.74, 6) is -0.824. The number of carbonyl (C=O) groups is 1. The molecule has 0 N–H and O–H groups in total. The van der Waals surface area contributed by atoms with Crippen molar-refractivity contribution in [1.29, 1.82) is 0 Å². The van der Waals surface area contributed by atoms with E-state index < -0.39 is 22.5 Å². The number of sulfonamides is 1. The lowest BCUT2D eigenvalue weighted by Crippen LogP contribution is -2.37. The summed E-state index contributed by atoms with van der Waals surface area (Å²) in [5.41, 5.74) is 0.161. The van der Waals surface area contributed by atoms with E-state index in [-0.39, 0.29) is 23.1 Å². The van der Waals surface area contributed by atoms with E-state index in [1.807, 2.05) is 0 Å². The van der Waals surface area contributed by atoms with Crippen LogP contribution in [0.4, 0.5) is 5.69 Å². The predicted molar refractivity (Wildman–Crippen MR) is 79.9 cm³/mol. The highest BCUT2D eigenvalue weighted by atomic mass is 35.5. The van der Waals surface area contributed by atoms with Crippen LogP contribution in [0.25, 0.3) is 0 Å². The molecule has 0 spiro atoms. The minimum absolute atomic E-state index is 0.161. The second-order valence-corrected chi connectivity index (χ2v) is 6.83. The molecule has 1 aromatic rings. The van der Waals surface area contributed by atoms with Crippen LogP contribution in [0.15, 0.2) is 18.2 Å². The molecule has 1 aromatic carbocycles. The Kier molecular flexibility index (Phi) is 6.10. The van der Waals surface area contributed by atoms with Gasteiger partial charge in [0.1, 0.15) is 6.54 Å². The molecule has 0 aliphatic heterocycles. The van der Waals surface area contributed by atoms with Crippen LogP contribution in [0.5, 0.6) is 0 Å². The van der Waals surface area contributed by atoms with Crippen LogP contribution in [0.3, 0.4) is 0 Å². The molecule has 0 fully saturated rings. The Hall–Kier alpha value is -0.980. The van der Waals surface area contributed by atoms with Crippen molar-refractivity contribution in [1.82, 2.24) is 0 Å². The standard InChI is InChI=1S/C12H15Cl2NO4S/c1-3-19-12(16)8-15(20(17,18)4-2)11-7-9(13)5-6-10(11)14/h5-7H,3-4,8H2,1-2H3. The first-order chi connectivity index (χ1) is 9.31. The van der Waals surface area contributed by atoms with E-state index in [0.29, 0.717) is 5.02 Å². The maximum atomic E-state index is 12.1. The maximum absolute atomic E-state index is 12.1. The maximum Gasteiger partial charge on any atom is 0.326 e. The molecule has 0 radical (unpaired) electrons. The van der Waals surface area contributed by atoms with Gasteiger partial charge in [-0.15, -0.1) is 0 Å². The number of ether oxygens (including phenoxy) is 1. The zero-order valence-corrected chi connectivity index (χ0v) is 13.4. The summed E-state index contributed by atoms with van der Waals surface area (Å²) >= 11 is 11.9. The largest absolute Gasteiger partial charge is 0.465 e. The van der Waals surface area contributed by atoms with Crippen LogP contribution in [0.2, 0.25) is 10.0 Å². The van der Waals surface area contributed by atoms with Crippen molar-refractivity contribution < 1.29 is 17.9 Å². The van der Waals surface area contributed by atoms with Gasteiger partial charge in [-0.3, -0.25) is 9.10 Å². The van der Waals surface area contributed by atoms with Gasteiger partial charge in [0, 0.05) is 5.02 Å². The van der Waals surface area contributed by atoms with Gasteiger partial charge >= 0.3 is 5.97 Å². The third kappa shape index (κ3) is 4.26. The molecular formula is C12H15Cl2NO4S. The number of carbonyl (C=O) groups excluding carboxylic acids is 1. The van der Waals surface area contributed by atoms with E-state index in [1.165, 1.54) is 25.1 Å². The van der Waals surface area contributed by atoms with Gasteiger partial charge in [0.05, 0.1) is 23.1 Å². The fourth-order valence-electron chi connectivity index (χ4n) is 1.49. The normalized spacial score (nSPS) is 11.2. The molecule has 0 atom stereocenters. The number of rotatable bonds is 6. The van der Waals surface area contributed by atoms with Gasteiger partial charge < -0.3 is 4.74 Å². The van der Waals surface area contributed by atoms with E-state index in [1.54, 1.807) is 6.92 Å². The number of nitrogens with zero attached hydrogens (tertiary/aromatic N) is 1. The van der Waals surface area contributed by atoms with Gasteiger partial charge in [-0.05, 0) is 32.0 Å². The minimum atomic E-state index is -3.68. The van der Waals surface area contributed by atoms with Crippen molar-refractivity contribution in [2.45, 2.75) is 13.8 Å². The van der Waals surface area contributed by atoms with E-state index in [4.69, 9.17) is 27.9 Å². The summed E-state index contributed by atoms with van der Waals surface area (Å²) in [6, 6.07) is 4.41. The summed E-state index contributed by atoms with van der Waals surface area (Å²) in [5, 5.41) is 0.514. The van der Waals surface area contributed by atoms with Gasteiger partial charge in [-0.1, -0.05) is 23.2 Å². The molecular weight excluding hydrogens is 325 g/mol. The van der Waals surface area contributed by atoms with Crippen LogP contribution in [0, 0.1) is 0 Å². The van der Waals surface area contributed by atoms with Gasteiger partial charge in [-0.2, -0.15) is 0 Å². The second kappa shape index (κ2) is 7.15. The lowest BCUT2D eigenvalue weighted by Gasteiger charge is -2.23. The van der Waals surface area contributed by atoms with Crippen molar-refractivity contribution in [3.63, 3.8) is 0 Å². The quantitative estimate of drug-likeness (QED) is 0.747. The van der Waals surface area contributed by atoms with E-state index in [9.17, 15) is 13.2 Å². The Morgan fingerprint density at radius 2 is 1.95 bits per heavy atom. The van der Waals surface area contributed by atoms with Gasteiger partial charge in [0.15, 0.2) is 0 Å². The molecule has 0 amide bonds. The van der Waals surface area contributed by atoms with Crippen LogP contribution >= 0.6 is 23.2 Å². The molecule has 20 heavy (non-hydrogen) atoms.